The first kappa shape index (κ1) is 10.6. The van der Waals surface area contributed by atoms with Gasteiger partial charge in [-0.05, 0) is 27.6 Å². The number of rotatable bonds is 3. The average molecular weight is 260 g/mol. The van der Waals surface area contributed by atoms with Crippen molar-refractivity contribution in [1.82, 2.24) is 0 Å². The van der Waals surface area contributed by atoms with Crippen LogP contribution in [0.25, 0.3) is 0 Å². The van der Waals surface area contributed by atoms with Crippen LogP contribution >= 0.6 is 15.9 Å². The van der Waals surface area contributed by atoms with Gasteiger partial charge >= 0.3 is 5.97 Å². The van der Waals surface area contributed by atoms with Gasteiger partial charge in [0.15, 0.2) is 0 Å². The largest absolute Gasteiger partial charge is 0.481 e. The number of carboxylic acids is 1. The highest BCUT2D eigenvalue weighted by Crippen LogP contribution is 2.25. The van der Waals surface area contributed by atoms with E-state index in [-0.39, 0.29) is 12.1 Å². The Balaban J connectivity index is 3.06. The first-order valence-electron chi connectivity index (χ1n) is 3.65. The van der Waals surface area contributed by atoms with E-state index >= 15 is 0 Å². The van der Waals surface area contributed by atoms with E-state index in [0.717, 1.165) is 0 Å². The van der Waals surface area contributed by atoms with Crippen molar-refractivity contribution in [3.05, 3.63) is 38.3 Å². The number of hydrogen-bond acceptors (Lipinski definition) is 3. The molecule has 0 amide bonds. The summed E-state index contributed by atoms with van der Waals surface area (Å²) in [5, 5.41) is 19.0. The normalized spacial score (nSPS) is 9.79. The summed E-state index contributed by atoms with van der Waals surface area (Å²) < 4.78 is 0.344. The van der Waals surface area contributed by atoms with E-state index in [1.165, 1.54) is 18.2 Å². The second kappa shape index (κ2) is 4.19. The molecule has 5 nitrogen and oxygen atoms in total. The highest BCUT2D eigenvalue weighted by atomic mass is 79.9. The van der Waals surface area contributed by atoms with Gasteiger partial charge < -0.3 is 5.11 Å². The van der Waals surface area contributed by atoms with Gasteiger partial charge in [-0.1, -0.05) is 6.07 Å². The molecule has 1 rings (SSSR count). The molecular formula is C8H6BrNO4. The zero-order chi connectivity index (χ0) is 10.7. The molecule has 0 aliphatic carbocycles. The number of hydrogen-bond donors (Lipinski definition) is 1. The van der Waals surface area contributed by atoms with Crippen molar-refractivity contribution in [2.45, 2.75) is 6.42 Å². The van der Waals surface area contributed by atoms with E-state index in [1.54, 1.807) is 0 Å². The summed E-state index contributed by atoms with van der Waals surface area (Å²) in [6.45, 7) is 0. The topological polar surface area (TPSA) is 80.4 Å². The van der Waals surface area contributed by atoms with Crippen LogP contribution in [0.3, 0.4) is 0 Å². The summed E-state index contributed by atoms with van der Waals surface area (Å²) in [6, 6.07) is 4.25. The molecule has 0 saturated heterocycles. The van der Waals surface area contributed by atoms with Crippen molar-refractivity contribution in [1.29, 1.82) is 0 Å². The molecule has 74 valence electrons. The molecule has 14 heavy (non-hydrogen) atoms. The molecule has 0 aliphatic rings. The second-order valence-electron chi connectivity index (χ2n) is 2.61. The Labute approximate surface area is 87.6 Å². The van der Waals surface area contributed by atoms with Crippen LogP contribution in [0.5, 0.6) is 0 Å². The third-order valence-corrected chi connectivity index (χ3v) is 2.23. The van der Waals surface area contributed by atoms with Crippen molar-refractivity contribution >= 4 is 27.6 Å². The molecule has 0 unspecified atom stereocenters. The monoisotopic (exact) mass is 259 g/mol. The predicted octanol–water partition coefficient (Wildman–Crippen LogP) is 1.98. The Morgan fingerprint density at radius 2 is 2.21 bits per heavy atom. The van der Waals surface area contributed by atoms with Crippen molar-refractivity contribution in [2.75, 3.05) is 0 Å². The third kappa shape index (κ3) is 2.53. The molecule has 0 bridgehead atoms. The highest BCUT2D eigenvalue weighted by molar-refractivity contribution is 9.10. The van der Waals surface area contributed by atoms with Crippen LogP contribution < -0.4 is 0 Å². The maximum atomic E-state index is 10.5. The fraction of sp³-hybridized carbons (Fsp3) is 0.125. The van der Waals surface area contributed by atoms with Crippen LogP contribution in [-0.2, 0) is 11.2 Å². The van der Waals surface area contributed by atoms with E-state index in [0.29, 0.717) is 10.0 Å². The van der Waals surface area contributed by atoms with Gasteiger partial charge in [-0.15, -0.1) is 0 Å². The van der Waals surface area contributed by atoms with Gasteiger partial charge in [0.2, 0.25) is 0 Å². The number of nitro benzene ring substituents is 1. The lowest BCUT2D eigenvalue weighted by Gasteiger charge is -1.98. The van der Waals surface area contributed by atoms with Crippen LogP contribution in [0.2, 0.25) is 0 Å². The first-order valence-corrected chi connectivity index (χ1v) is 4.44. The van der Waals surface area contributed by atoms with Crippen molar-refractivity contribution in [3.8, 4) is 0 Å². The SMILES string of the molecule is O=C(O)Cc1ccc(Br)c([N+](=O)[O-])c1. The molecule has 1 aromatic carbocycles. The molecular weight excluding hydrogens is 254 g/mol. The molecule has 0 aliphatic heterocycles. The molecule has 1 N–H and O–H groups in total. The minimum atomic E-state index is -1.01. The zero-order valence-electron chi connectivity index (χ0n) is 6.94. The predicted molar refractivity (Wildman–Crippen MR) is 52.1 cm³/mol. The molecule has 6 heteroatoms. The molecule has 0 aromatic heterocycles. The number of nitrogens with zero attached hydrogens (tertiary/aromatic N) is 1. The van der Waals surface area contributed by atoms with Crippen LogP contribution in [-0.4, -0.2) is 16.0 Å². The van der Waals surface area contributed by atoms with Crippen LogP contribution in [0.1, 0.15) is 5.56 Å². The number of carboxylic acid groups (broad SMARTS) is 1. The van der Waals surface area contributed by atoms with Crippen molar-refractivity contribution in [3.63, 3.8) is 0 Å². The van der Waals surface area contributed by atoms with Gasteiger partial charge in [0.25, 0.3) is 5.69 Å². The standard InChI is InChI=1S/C8H6BrNO4/c9-6-2-1-5(4-8(11)12)3-7(6)10(13)14/h1-3H,4H2,(H,11,12). The Hall–Kier alpha value is -1.43. The van der Waals surface area contributed by atoms with Crippen molar-refractivity contribution in [2.24, 2.45) is 0 Å². The van der Waals surface area contributed by atoms with Gasteiger partial charge in [0.05, 0.1) is 15.8 Å². The minimum Gasteiger partial charge on any atom is -0.481 e. The molecule has 0 spiro atoms. The second-order valence-corrected chi connectivity index (χ2v) is 3.47. The van der Waals surface area contributed by atoms with Gasteiger partial charge in [0, 0.05) is 6.07 Å². The third-order valence-electron chi connectivity index (χ3n) is 1.56. The molecule has 0 radical (unpaired) electrons. The fourth-order valence-electron chi connectivity index (χ4n) is 0.983. The lowest BCUT2D eigenvalue weighted by atomic mass is 10.1. The lowest BCUT2D eigenvalue weighted by Crippen LogP contribution is -2.00. The van der Waals surface area contributed by atoms with Gasteiger partial charge in [0.1, 0.15) is 0 Å². The van der Waals surface area contributed by atoms with E-state index < -0.39 is 10.9 Å². The van der Waals surface area contributed by atoms with Gasteiger partial charge in [-0.2, -0.15) is 0 Å². The average Bonchev–Trinajstić information content (AvgIpc) is 2.07. The summed E-state index contributed by atoms with van der Waals surface area (Å²) in [5.41, 5.74) is 0.288. The maximum Gasteiger partial charge on any atom is 0.307 e. The summed E-state index contributed by atoms with van der Waals surface area (Å²) in [7, 11) is 0. The molecule has 0 saturated carbocycles. The number of nitro groups is 1. The van der Waals surface area contributed by atoms with E-state index in [9.17, 15) is 14.9 Å². The summed E-state index contributed by atoms with van der Waals surface area (Å²) in [4.78, 5) is 20.3. The summed E-state index contributed by atoms with van der Waals surface area (Å²) >= 11 is 3.01. The maximum absolute atomic E-state index is 10.5. The van der Waals surface area contributed by atoms with Crippen LogP contribution in [0.15, 0.2) is 22.7 Å². The Morgan fingerprint density at radius 3 is 2.71 bits per heavy atom. The van der Waals surface area contributed by atoms with Crippen LogP contribution in [0, 0.1) is 10.1 Å². The molecule has 0 fully saturated rings. The number of halogens is 1. The smallest absolute Gasteiger partial charge is 0.307 e. The Morgan fingerprint density at radius 1 is 1.57 bits per heavy atom. The van der Waals surface area contributed by atoms with Crippen molar-refractivity contribution < 1.29 is 14.8 Å². The molecule has 0 heterocycles. The highest BCUT2D eigenvalue weighted by Gasteiger charge is 2.13. The van der Waals surface area contributed by atoms with E-state index in [1.807, 2.05) is 0 Å². The van der Waals surface area contributed by atoms with Crippen LogP contribution in [0.4, 0.5) is 5.69 Å². The number of aliphatic carboxylic acids is 1. The fourth-order valence-corrected chi connectivity index (χ4v) is 1.37. The Bertz CT molecular complexity index is 391. The molecule has 0 atom stereocenters. The molecule has 1 aromatic rings. The van der Waals surface area contributed by atoms with Gasteiger partial charge in [-0.3, -0.25) is 14.9 Å². The quantitative estimate of drug-likeness (QED) is 0.665. The Kier molecular flexibility index (Phi) is 3.19. The summed E-state index contributed by atoms with van der Waals surface area (Å²) in [6.07, 6.45) is -0.214. The first-order chi connectivity index (χ1) is 6.50. The lowest BCUT2D eigenvalue weighted by molar-refractivity contribution is -0.385. The van der Waals surface area contributed by atoms with Gasteiger partial charge in [-0.25, -0.2) is 0 Å². The van der Waals surface area contributed by atoms with E-state index in [4.69, 9.17) is 5.11 Å². The number of carbonyl (C=O) groups is 1. The zero-order valence-corrected chi connectivity index (χ0v) is 8.52. The summed E-state index contributed by atoms with van der Waals surface area (Å²) in [5.74, 6) is -1.01. The van der Waals surface area contributed by atoms with E-state index in [2.05, 4.69) is 15.9 Å². The minimum absolute atomic E-state index is 0.122. The number of benzene rings is 1.